The van der Waals surface area contributed by atoms with Crippen LogP contribution in [0.15, 0.2) is 18.2 Å². The molecule has 1 N–H and O–H groups in total. The minimum absolute atomic E-state index is 0.221. The average molecular weight is 347 g/mol. The lowest BCUT2D eigenvalue weighted by Gasteiger charge is -2.14. The average Bonchev–Trinajstić information content (AvgIpc) is 3.28. The van der Waals surface area contributed by atoms with E-state index in [0.717, 1.165) is 12.0 Å². The lowest BCUT2D eigenvalue weighted by Crippen LogP contribution is -2.35. The molecule has 0 radical (unpaired) electrons. The molecule has 6 nitrogen and oxygen atoms in total. The number of esters is 1. The Hall–Kier alpha value is -2.24. The fourth-order valence-corrected chi connectivity index (χ4v) is 3.31. The molecular weight excluding hydrogens is 322 g/mol. The van der Waals surface area contributed by atoms with E-state index >= 15 is 0 Å². The van der Waals surface area contributed by atoms with E-state index in [4.69, 9.17) is 14.2 Å². The number of nitrogens with one attached hydrogen (secondary N) is 1. The van der Waals surface area contributed by atoms with Crippen LogP contribution in [0.25, 0.3) is 0 Å². The Balaban J connectivity index is 1.39. The fraction of sp³-hybridized carbons (Fsp3) is 0.579. The molecule has 3 rings (SSSR count). The van der Waals surface area contributed by atoms with Crippen LogP contribution in [0.2, 0.25) is 0 Å². The third-order valence-corrected chi connectivity index (χ3v) is 4.81. The van der Waals surface area contributed by atoms with Gasteiger partial charge in [-0.3, -0.25) is 9.59 Å². The van der Waals surface area contributed by atoms with E-state index in [1.54, 1.807) is 6.92 Å². The van der Waals surface area contributed by atoms with Gasteiger partial charge in [-0.25, -0.2) is 0 Å². The zero-order chi connectivity index (χ0) is 17.6. The molecule has 1 amide bonds. The van der Waals surface area contributed by atoms with Crippen molar-refractivity contribution in [1.82, 2.24) is 5.32 Å². The highest BCUT2D eigenvalue weighted by Gasteiger charge is 2.21. The van der Waals surface area contributed by atoms with Gasteiger partial charge < -0.3 is 19.5 Å². The minimum atomic E-state index is -0.787. The van der Waals surface area contributed by atoms with Gasteiger partial charge >= 0.3 is 5.97 Å². The van der Waals surface area contributed by atoms with Gasteiger partial charge in [-0.1, -0.05) is 31.7 Å². The van der Waals surface area contributed by atoms with Crippen LogP contribution in [0, 0.1) is 5.92 Å². The summed E-state index contributed by atoms with van der Waals surface area (Å²) in [6.45, 7) is 2.17. The summed E-state index contributed by atoms with van der Waals surface area (Å²) in [6.07, 6.45) is 5.41. The van der Waals surface area contributed by atoms with Crippen molar-refractivity contribution in [1.29, 1.82) is 0 Å². The van der Waals surface area contributed by atoms with Gasteiger partial charge in [-0.05, 0) is 37.0 Å². The first-order valence-electron chi connectivity index (χ1n) is 8.97. The summed E-state index contributed by atoms with van der Waals surface area (Å²) in [5, 5.41) is 2.78. The zero-order valence-electron chi connectivity index (χ0n) is 14.6. The first kappa shape index (κ1) is 17.6. The van der Waals surface area contributed by atoms with Gasteiger partial charge in [-0.2, -0.15) is 0 Å². The Kier molecular flexibility index (Phi) is 5.79. The Bertz CT molecular complexity index is 624. The number of ether oxygens (including phenoxy) is 3. The van der Waals surface area contributed by atoms with E-state index in [9.17, 15) is 9.59 Å². The molecule has 1 unspecified atom stereocenters. The van der Waals surface area contributed by atoms with Crippen LogP contribution in [0.3, 0.4) is 0 Å². The van der Waals surface area contributed by atoms with Crippen molar-refractivity contribution in [2.45, 2.75) is 58.1 Å². The van der Waals surface area contributed by atoms with Crippen LogP contribution in [-0.2, 0) is 20.9 Å². The van der Waals surface area contributed by atoms with Crippen LogP contribution in [0.4, 0.5) is 0 Å². The molecule has 0 spiro atoms. The summed E-state index contributed by atoms with van der Waals surface area (Å²) in [5.41, 5.74) is 0.900. The molecule has 0 saturated heterocycles. The Morgan fingerprint density at radius 2 is 2.00 bits per heavy atom. The van der Waals surface area contributed by atoms with E-state index < -0.39 is 6.10 Å². The third-order valence-electron chi connectivity index (χ3n) is 4.81. The molecule has 1 fully saturated rings. The normalized spacial score (nSPS) is 17.3. The first-order chi connectivity index (χ1) is 12.1. The van der Waals surface area contributed by atoms with E-state index in [0.29, 0.717) is 30.4 Å². The van der Waals surface area contributed by atoms with Crippen molar-refractivity contribution in [3.8, 4) is 11.5 Å². The van der Waals surface area contributed by atoms with Gasteiger partial charge in [0.1, 0.15) is 0 Å². The van der Waals surface area contributed by atoms with Gasteiger partial charge in [0, 0.05) is 13.0 Å². The molecule has 136 valence electrons. The molecular formula is C19H25NO5. The summed E-state index contributed by atoms with van der Waals surface area (Å²) >= 11 is 0. The van der Waals surface area contributed by atoms with Crippen molar-refractivity contribution < 1.29 is 23.8 Å². The highest BCUT2D eigenvalue weighted by molar-refractivity contribution is 5.83. The van der Waals surface area contributed by atoms with Crippen LogP contribution in [0.1, 0.15) is 51.0 Å². The summed E-state index contributed by atoms with van der Waals surface area (Å²) < 4.78 is 15.8. The SMILES string of the molecule is CC(OC(=O)CCC1CCCC1)C(=O)NCc1ccc2c(c1)OCO2. The second kappa shape index (κ2) is 8.23. The van der Waals surface area contributed by atoms with E-state index in [1.807, 2.05) is 18.2 Å². The van der Waals surface area contributed by atoms with E-state index in [2.05, 4.69) is 5.32 Å². The predicted octanol–water partition coefficient (Wildman–Crippen LogP) is 2.93. The number of amides is 1. The van der Waals surface area contributed by atoms with Crippen LogP contribution in [0.5, 0.6) is 11.5 Å². The van der Waals surface area contributed by atoms with Gasteiger partial charge in [0.2, 0.25) is 6.79 Å². The highest BCUT2D eigenvalue weighted by Crippen LogP contribution is 2.32. The Labute approximate surface area is 147 Å². The van der Waals surface area contributed by atoms with Gasteiger partial charge in [0.25, 0.3) is 5.91 Å². The highest BCUT2D eigenvalue weighted by atomic mass is 16.7. The van der Waals surface area contributed by atoms with Crippen molar-refractivity contribution in [2.75, 3.05) is 6.79 Å². The fourth-order valence-electron chi connectivity index (χ4n) is 3.31. The van der Waals surface area contributed by atoms with Gasteiger partial charge in [0.05, 0.1) is 0 Å². The lowest BCUT2D eigenvalue weighted by molar-refractivity contribution is -0.155. The number of carbonyl (C=O) groups is 2. The number of benzene rings is 1. The van der Waals surface area contributed by atoms with Crippen molar-refractivity contribution in [3.05, 3.63) is 23.8 Å². The molecule has 0 aromatic heterocycles. The van der Waals surface area contributed by atoms with Crippen LogP contribution < -0.4 is 14.8 Å². The maximum atomic E-state index is 12.1. The Morgan fingerprint density at radius 1 is 1.24 bits per heavy atom. The topological polar surface area (TPSA) is 73.9 Å². The number of carbonyl (C=O) groups excluding carboxylic acids is 2. The van der Waals surface area contributed by atoms with Gasteiger partial charge in [-0.15, -0.1) is 0 Å². The van der Waals surface area contributed by atoms with E-state index in [-0.39, 0.29) is 18.7 Å². The molecule has 1 saturated carbocycles. The third kappa shape index (κ3) is 4.87. The van der Waals surface area contributed by atoms with Crippen LogP contribution in [-0.4, -0.2) is 24.8 Å². The second-order valence-electron chi connectivity index (χ2n) is 6.73. The molecule has 2 aliphatic rings. The molecule has 1 aliphatic heterocycles. The number of fused-ring (bicyclic) bond motifs is 1. The molecule has 1 heterocycles. The quantitative estimate of drug-likeness (QED) is 0.768. The summed E-state index contributed by atoms with van der Waals surface area (Å²) in [7, 11) is 0. The number of hydrogen-bond donors (Lipinski definition) is 1. The minimum Gasteiger partial charge on any atom is -0.454 e. The summed E-state index contributed by atoms with van der Waals surface area (Å²) in [5.74, 6) is 1.44. The lowest BCUT2D eigenvalue weighted by atomic mass is 10.0. The van der Waals surface area contributed by atoms with Crippen molar-refractivity contribution in [3.63, 3.8) is 0 Å². The standard InChI is InChI=1S/C19H25NO5/c1-13(25-18(21)9-7-14-4-2-3-5-14)19(22)20-11-15-6-8-16-17(10-15)24-12-23-16/h6,8,10,13-14H,2-5,7,9,11-12H2,1H3,(H,20,22). The smallest absolute Gasteiger partial charge is 0.306 e. The summed E-state index contributed by atoms with van der Waals surface area (Å²) in [6, 6.07) is 5.52. The molecule has 25 heavy (non-hydrogen) atoms. The molecule has 0 bridgehead atoms. The van der Waals surface area contributed by atoms with E-state index in [1.165, 1.54) is 25.7 Å². The van der Waals surface area contributed by atoms with Crippen molar-refractivity contribution >= 4 is 11.9 Å². The summed E-state index contributed by atoms with van der Waals surface area (Å²) in [4.78, 5) is 24.0. The molecule has 1 aromatic carbocycles. The predicted molar refractivity (Wildman–Crippen MR) is 91.2 cm³/mol. The largest absolute Gasteiger partial charge is 0.454 e. The monoisotopic (exact) mass is 347 g/mol. The maximum Gasteiger partial charge on any atom is 0.306 e. The van der Waals surface area contributed by atoms with Crippen molar-refractivity contribution in [2.24, 2.45) is 5.92 Å². The second-order valence-corrected chi connectivity index (χ2v) is 6.73. The maximum absolute atomic E-state index is 12.1. The number of hydrogen-bond acceptors (Lipinski definition) is 5. The molecule has 6 heteroatoms. The molecule has 1 aromatic rings. The first-order valence-corrected chi connectivity index (χ1v) is 8.97. The van der Waals surface area contributed by atoms with Gasteiger partial charge in [0.15, 0.2) is 17.6 Å². The molecule has 1 atom stereocenters. The molecule has 1 aliphatic carbocycles. The number of rotatable bonds is 7. The zero-order valence-corrected chi connectivity index (χ0v) is 14.6. The van der Waals surface area contributed by atoms with Crippen LogP contribution >= 0.6 is 0 Å². The Morgan fingerprint density at radius 3 is 2.80 bits per heavy atom.